The molecule has 0 spiro atoms. The monoisotopic (exact) mass is 568 g/mol. The highest BCUT2D eigenvalue weighted by Crippen LogP contribution is 2.29. The number of nitrogens with zero attached hydrogens (tertiary/aromatic N) is 2. The number of rotatable bonds is 10. The minimum Gasteiger partial charge on any atom is -0.493 e. The van der Waals surface area contributed by atoms with Crippen LogP contribution in [-0.4, -0.2) is 63.4 Å². The minimum atomic E-state index is 0. The number of hydrogen-bond acceptors (Lipinski definition) is 5. The molecular weight excluding hydrogens is 531 g/mol. The zero-order chi connectivity index (χ0) is 22.6. The lowest BCUT2D eigenvalue weighted by atomic mass is 10.2. The van der Waals surface area contributed by atoms with Gasteiger partial charge in [-0.05, 0) is 37.1 Å². The highest BCUT2D eigenvalue weighted by atomic mass is 127. The van der Waals surface area contributed by atoms with Crippen LogP contribution in [0.25, 0.3) is 0 Å². The number of benzene rings is 2. The standard InChI is InChI=1S/C25H36N4O3.HI/c1-4-26-25(27-17-20(2)29-12-14-31-15-13-29)28-18-22-10-11-23(24(16-22)30-3)32-19-21-8-6-5-7-9-21;/h5-11,16,20H,4,12-15,17-19H2,1-3H3,(H2,26,27,28);1H. The maximum atomic E-state index is 5.96. The van der Waals surface area contributed by atoms with Crippen LogP contribution in [0.3, 0.4) is 0 Å². The summed E-state index contributed by atoms with van der Waals surface area (Å²) in [5.41, 5.74) is 2.18. The molecule has 1 heterocycles. The third-order valence-corrected chi connectivity index (χ3v) is 5.46. The van der Waals surface area contributed by atoms with Crippen LogP contribution in [-0.2, 0) is 17.9 Å². The van der Waals surface area contributed by atoms with E-state index < -0.39 is 0 Å². The summed E-state index contributed by atoms with van der Waals surface area (Å²) in [4.78, 5) is 7.20. The van der Waals surface area contributed by atoms with E-state index in [2.05, 4.69) is 29.4 Å². The first-order chi connectivity index (χ1) is 15.7. The Bertz CT molecular complexity index is 845. The average molecular weight is 569 g/mol. The predicted octanol–water partition coefficient (Wildman–Crippen LogP) is 3.67. The van der Waals surface area contributed by atoms with Gasteiger partial charge < -0.3 is 24.8 Å². The molecule has 0 saturated carbocycles. The van der Waals surface area contributed by atoms with Crippen molar-refractivity contribution in [2.75, 3.05) is 46.5 Å². The Morgan fingerprint density at radius 2 is 1.82 bits per heavy atom. The van der Waals surface area contributed by atoms with Gasteiger partial charge in [0.25, 0.3) is 0 Å². The zero-order valence-electron chi connectivity index (χ0n) is 19.9. The van der Waals surface area contributed by atoms with Gasteiger partial charge in [0.15, 0.2) is 17.5 Å². The molecule has 2 N–H and O–H groups in total. The van der Waals surface area contributed by atoms with Gasteiger partial charge in [-0.1, -0.05) is 36.4 Å². The highest BCUT2D eigenvalue weighted by molar-refractivity contribution is 14.0. The molecule has 182 valence electrons. The first-order valence-corrected chi connectivity index (χ1v) is 11.4. The maximum Gasteiger partial charge on any atom is 0.191 e. The molecular formula is C25H37IN4O3. The SMILES string of the molecule is CCNC(=NCc1ccc(OCc2ccccc2)c(OC)c1)NCC(C)N1CCOCC1.I. The van der Waals surface area contributed by atoms with E-state index in [0.717, 1.165) is 62.2 Å². The van der Waals surface area contributed by atoms with Crippen LogP contribution in [0.1, 0.15) is 25.0 Å². The van der Waals surface area contributed by atoms with Crippen molar-refractivity contribution in [1.29, 1.82) is 0 Å². The first-order valence-electron chi connectivity index (χ1n) is 11.4. The average Bonchev–Trinajstić information content (AvgIpc) is 2.85. The largest absolute Gasteiger partial charge is 0.493 e. The van der Waals surface area contributed by atoms with E-state index in [9.17, 15) is 0 Å². The van der Waals surface area contributed by atoms with Gasteiger partial charge >= 0.3 is 0 Å². The van der Waals surface area contributed by atoms with Crippen molar-refractivity contribution in [3.05, 3.63) is 59.7 Å². The Kier molecular flexibility index (Phi) is 12.3. The highest BCUT2D eigenvalue weighted by Gasteiger charge is 2.17. The molecule has 8 heteroatoms. The van der Waals surface area contributed by atoms with E-state index in [1.165, 1.54) is 0 Å². The normalized spacial score (nSPS) is 15.3. The number of halogens is 1. The predicted molar refractivity (Wildman–Crippen MR) is 144 cm³/mol. The Morgan fingerprint density at radius 1 is 1.06 bits per heavy atom. The number of morpholine rings is 1. The lowest BCUT2D eigenvalue weighted by Gasteiger charge is -2.32. The van der Waals surface area contributed by atoms with Gasteiger partial charge in [-0.3, -0.25) is 4.90 Å². The molecule has 1 unspecified atom stereocenters. The Balaban J connectivity index is 0.00000385. The number of ether oxygens (including phenoxy) is 3. The first kappa shape index (κ1) is 27.2. The molecule has 0 amide bonds. The fourth-order valence-electron chi connectivity index (χ4n) is 3.57. The third kappa shape index (κ3) is 9.02. The van der Waals surface area contributed by atoms with Gasteiger partial charge in [-0.15, -0.1) is 24.0 Å². The summed E-state index contributed by atoms with van der Waals surface area (Å²) in [5.74, 6) is 2.26. The Hall–Kier alpha value is -2.04. The summed E-state index contributed by atoms with van der Waals surface area (Å²) in [6.07, 6.45) is 0. The number of hydrogen-bond donors (Lipinski definition) is 2. The van der Waals surface area contributed by atoms with Crippen LogP contribution in [0.4, 0.5) is 0 Å². The van der Waals surface area contributed by atoms with Gasteiger partial charge in [0.2, 0.25) is 0 Å². The second kappa shape index (κ2) is 15.0. The van der Waals surface area contributed by atoms with Crippen LogP contribution in [0, 0.1) is 0 Å². The third-order valence-electron chi connectivity index (χ3n) is 5.46. The fourth-order valence-corrected chi connectivity index (χ4v) is 3.57. The molecule has 1 saturated heterocycles. The van der Waals surface area contributed by atoms with Crippen LogP contribution in [0.5, 0.6) is 11.5 Å². The minimum absolute atomic E-state index is 0. The van der Waals surface area contributed by atoms with Gasteiger partial charge in [0, 0.05) is 32.2 Å². The second-order valence-electron chi connectivity index (χ2n) is 7.83. The molecule has 1 atom stereocenters. The van der Waals surface area contributed by atoms with Crippen molar-refractivity contribution in [2.45, 2.75) is 33.0 Å². The number of nitrogens with one attached hydrogen (secondary N) is 2. The van der Waals surface area contributed by atoms with E-state index in [-0.39, 0.29) is 24.0 Å². The molecule has 0 aliphatic carbocycles. The maximum absolute atomic E-state index is 5.96. The summed E-state index contributed by atoms with van der Waals surface area (Å²) in [7, 11) is 1.66. The van der Waals surface area contributed by atoms with E-state index in [0.29, 0.717) is 24.9 Å². The van der Waals surface area contributed by atoms with Crippen LogP contribution >= 0.6 is 24.0 Å². The summed E-state index contributed by atoms with van der Waals surface area (Å²) >= 11 is 0. The zero-order valence-corrected chi connectivity index (χ0v) is 22.2. The molecule has 1 aliphatic heterocycles. The van der Waals surface area contributed by atoms with Gasteiger partial charge in [0.05, 0.1) is 26.9 Å². The number of guanidine groups is 1. The van der Waals surface area contributed by atoms with E-state index in [1.54, 1.807) is 7.11 Å². The summed E-state index contributed by atoms with van der Waals surface area (Å²) in [6, 6.07) is 16.5. The molecule has 0 aromatic heterocycles. The molecule has 3 rings (SSSR count). The van der Waals surface area contributed by atoms with Crippen molar-refractivity contribution in [3.63, 3.8) is 0 Å². The van der Waals surface area contributed by atoms with Gasteiger partial charge in [-0.25, -0.2) is 4.99 Å². The summed E-state index contributed by atoms with van der Waals surface area (Å²) < 4.78 is 17.0. The molecule has 1 aliphatic rings. The van der Waals surface area contributed by atoms with Crippen molar-refractivity contribution in [3.8, 4) is 11.5 Å². The van der Waals surface area contributed by atoms with E-state index >= 15 is 0 Å². The topological polar surface area (TPSA) is 67.4 Å². The Morgan fingerprint density at radius 3 is 2.52 bits per heavy atom. The molecule has 2 aromatic carbocycles. The van der Waals surface area contributed by atoms with E-state index in [1.807, 2.05) is 48.5 Å². The lowest BCUT2D eigenvalue weighted by Crippen LogP contribution is -2.49. The molecule has 33 heavy (non-hydrogen) atoms. The van der Waals surface area contributed by atoms with Crippen molar-refractivity contribution in [2.24, 2.45) is 4.99 Å². The van der Waals surface area contributed by atoms with E-state index in [4.69, 9.17) is 19.2 Å². The molecule has 0 bridgehead atoms. The Labute approximate surface area is 214 Å². The lowest BCUT2D eigenvalue weighted by molar-refractivity contribution is 0.0211. The molecule has 1 fully saturated rings. The van der Waals surface area contributed by atoms with Crippen LogP contribution < -0.4 is 20.1 Å². The smallest absolute Gasteiger partial charge is 0.191 e. The number of aliphatic imine (C=N–C) groups is 1. The molecule has 0 radical (unpaired) electrons. The van der Waals surface area contributed by atoms with Crippen LogP contribution in [0.15, 0.2) is 53.5 Å². The second-order valence-corrected chi connectivity index (χ2v) is 7.83. The summed E-state index contributed by atoms with van der Waals surface area (Å²) in [5, 5.41) is 6.80. The van der Waals surface area contributed by atoms with Crippen molar-refractivity contribution < 1.29 is 14.2 Å². The van der Waals surface area contributed by atoms with Gasteiger partial charge in [-0.2, -0.15) is 0 Å². The van der Waals surface area contributed by atoms with Crippen molar-refractivity contribution >= 4 is 29.9 Å². The van der Waals surface area contributed by atoms with Crippen molar-refractivity contribution in [1.82, 2.24) is 15.5 Å². The molecule has 2 aromatic rings. The van der Waals surface area contributed by atoms with Gasteiger partial charge in [0.1, 0.15) is 6.61 Å². The van der Waals surface area contributed by atoms with Crippen LogP contribution in [0.2, 0.25) is 0 Å². The number of methoxy groups -OCH3 is 1. The fraction of sp³-hybridized carbons (Fsp3) is 0.480. The summed E-state index contributed by atoms with van der Waals surface area (Å²) in [6.45, 7) is 10.6. The quantitative estimate of drug-likeness (QED) is 0.259. The molecule has 7 nitrogen and oxygen atoms in total.